The smallest absolute Gasteiger partial charge is 0.180 e. The van der Waals surface area contributed by atoms with Crippen molar-refractivity contribution in [2.45, 2.75) is 24.9 Å². The Balaban J connectivity index is 1.49. The molecule has 3 aromatic heterocycles. The summed E-state index contributed by atoms with van der Waals surface area (Å²) in [5.74, 6) is 7.50. The third kappa shape index (κ3) is 4.45. The van der Waals surface area contributed by atoms with E-state index in [0.29, 0.717) is 23.1 Å². The Morgan fingerprint density at radius 1 is 1.12 bits per heavy atom. The average molecular weight is 444 g/mol. The van der Waals surface area contributed by atoms with Crippen molar-refractivity contribution in [2.75, 3.05) is 25.1 Å². The van der Waals surface area contributed by atoms with Crippen LogP contribution < -0.4 is 5.32 Å². The number of fused-ring (bicyclic) bond motifs is 1. The van der Waals surface area contributed by atoms with Crippen molar-refractivity contribution in [2.24, 2.45) is 0 Å². The first kappa shape index (κ1) is 21.2. The third-order valence-electron chi connectivity index (χ3n) is 5.55. The van der Waals surface area contributed by atoms with Crippen LogP contribution in [-0.2, 0) is 0 Å². The van der Waals surface area contributed by atoms with Gasteiger partial charge in [-0.15, -0.1) is 0 Å². The zero-order valence-corrected chi connectivity index (χ0v) is 17.9. The van der Waals surface area contributed by atoms with Crippen molar-refractivity contribution in [3.05, 3.63) is 54.4 Å². The number of hydrogen-bond acceptors (Lipinski definition) is 7. The Bertz CT molecular complexity index is 1330. The number of H-pyrrole nitrogens is 1. The third-order valence-corrected chi connectivity index (χ3v) is 5.55. The first-order chi connectivity index (χ1) is 16.2. The topological polar surface area (TPSA) is 132 Å². The van der Waals surface area contributed by atoms with Crippen molar-refractivity contribution in [3.8, 4) is 34.4 Å². The molecule has 5 rings (SSSR count). The predicted octanol–water partition coefficient (Wildman–Crippen LogP) is 1.77. The van der Waals surface area contributed by atoms with E-state index in [9.17, 15) is 5.11 Å². The van der Waals surface area contributed by atoms with E-state index < -0.39 is 6.10 Å². The minimum absolute atomic E-state index is 0.111. The largest absolute Gasteiger partial charge is 0.394 e. The van der Waals surface area contributed by atoms with E-state index in [4.69, 9.17) is 10.2 Å². The van der Waals surface area contributed by atoms with Crippen LogP contribution in [0.2, 0.25) is 0 Å². The molecule has 0 amide bonds. The monoisotopic (exact) mass is 444 g/mol. The maximum Gasteiger partial charge on any atom is 0.180 e. The Morgan fingerprint density at radius 2 is 1.91 bits per heavy atom. The molecule has 0 unspecified atom stereocenters. The normalized spacial score (nSPS) is 14.2. The van der Waals surface area contributed by atoms with Gasteiger partial charge in [0.05, 0.1) is 36.5 Å². The fourth-order valence-electron chi connectivity index (χ4n) is 3.66. The van der Waals surface area contributed by atoms with Gasteiger partial charge in [-0.3, -0.25) is 4.40 Å². The molecule has 9 heteroatoms. The molecule has 1 saturated carbocycles. The SMILES string of the molecule is OCC#Cc1cn2c(-c3ccc(-c4cnc(C5CC5)[nH]4)cc3)cnc2c(NC[C@H](O)CO)n1. The standard InChI is InChI=1S/C24H24N6O3/c31-9-1-2-18-13-30-21(12-27-24(30)23(28-18)25-10-19(33)14-32)16-5-3-15(4-6-16)20-11-26-22(29-20)17-7-8-17/h3-6,11-13,17,19,31-33H,7-10,14H2,(H,25,28)(H,26,29)/t19-/m0/s1. The first-order valence-corrected chi connectivity index (χ1v) is 10.8. The van der Waals surface area contributed by atoms with Gasteiger partial charge in [0, 0.05) is 24.2 Å². The van der Waals surface area contributed by atoms with Gasteiger partial charge >= 0.3 is 0 Å². The number of benzene rings is 1. The van der Waals surface area contributed by atoms with E-state index in [1.54, 1.807) is 12.4 Å². The van der Waals surface area contributed by atoms with Gasteiger partial charge in [-0.25, -0.2) is 15.0 Å². The van der Waals surface area contributed by atoms with Crippen molar-refractivity contribution in [3.63, 3.8) is 0 Å². The van der Waals surface area contributed by atoms with Crippen molar-refractivity contribution >= 4 is 11.5 Å². The van der Waals surface area contributed by atoms with Crippen molar-refractivity contribution < 1.29 is 15.3 Å². The summed E-state index contributed by atoms with van der Waals surface area (Å²) in [5.41, 5.74) is 4.88. The van der Waals surface area contributed by atoms with Crippen LogP contribution in [0.4, 0.5) is 5.82 Å². The number of aromatic nitrogens is 5. The summed E-state index contributed by atoms with van der Waals surface area (Å²) in [4.78, 5) is 16.9. The number of imidazole rings is 2. The fraction of sp³-hybridized carbons (Fsp3) is 0.292. The second-order valence-corrected chi connectivity index (χ2v) is 8.02. The predicted molar refractivity (Wildman–Crippen MR) is 124 cm³/mol. The molecular formula is C24H24N6O3. The van der Waals surface area contributed by atoms with Gasteiger partial charge in [0.25, 0.3) is 0 Å². The quantitative estimate of drug-likeness (QED) is 0.275. The summed E-state index contributed by atoms with van der Waals surface area (Å²) in [6.45, 7) is -0.530. The first-order valence-electron chi connectivity index (χ1n) is 10.8. The van der Waals surface area contributed by atoms with Crippen LogP contribution in [0, 0.1) is 11.8 Å². The van der Waals surface area contributed by atoms with E-state index in [1.165, 1.54) is 12.8 Å². The molecule has 3 heterocycles. The summed E-state index contributed by atoms with van der Waals surface area (Å²) >= 11 is 0. The highest BCUT2D eigenvalue weighted by Gasteiger charge is 2.26. The number of hydrogen-bond donors (Lipinski definition) is 5. The number of anilines is 1. The summed E-state index contributed by atoms with van der Waals surface area (Å²) in [5, 5.41) is 30.9. The number of aliphatic hydroxyl groups is 3. The molecular weight excluding hydrogens is 420 g/mol. The lowest BCUT2D eigenvalue weighted by Crippen LogP contribution is -2.23. The highest BCUT2D eigenvalue weighted by Crippen LogP contribution is 2.39. The van der Waals surface area contributed by atoms with Gasteiger partial charge in [-0.05, 0) is 24.3 Å². The number of aliphatic hydroxyl groups excluding tert-OH is 3. The number of rotatable bonds is 7. The summed E-state index contributed by atoms with van der Waals surface area (Å²) in [6.07, 6.45) is 6.88. The van der Waals surface area contributed by atoms with E-state index in [0.717, 1.165) is 28.3 Å². The van der Waals surface area contributed by atoms with Gasteiger partial charge in [-0.1, -0.05) is 30.2 Å². The average Bonchev–Trinajstić information content (AvgIpc) is 3.42. The summed E-state index contributed by atoms with van der Waals surface area (Å²) in [7, 11) is 0. The second kappa shape index (κ2) is 9.03. The Kier molecular flexibility index (Phi) is 5.79. The highest BCUT2D eigenvalue weighted by molar-refractivity contribution is 5.73. The number of aromatic amines is 1. The van der Waals surface area contributed by atoms with Crippen LogP contribution in [0.1, 0.15) is 30.3 Å². The van der Waals surface area contributed by atoms with Crippen LogP contribution >= 0.6 is 0 Å². The van der Waals surface area contributed by atoms with Gasteiger partial charge in [-0.2, -0.15) is 0 Å². The van der Waals surface area contributed by atoms with Crippen LogP contribution in [0.15, 0.2) is 42.9 Å². The maximum atomic E-state index is 9.70. The highest BCUT2D eigenvalue weighted by atomic mass is 16.3. The molecule has 33 heavy (non-hydrogen) atoms. The molecule has 1 fully saturated rings. The molecule has 1 aliphatic rings. The van der Waals surface area contributed by atoms with Gasteiger partial charge in [0.2, 0.25) is 0 Å². The van der Waals surface area contributed by atoms with Crippen molar-refractivity contribution in [1.82, 2.24) is 24.3 Å². The molecule has 9 nitrogen and oxygen atoms in total. The molecule has 0 spiro atoms. The Labute approximate surface area is 190 Å². The molecule has 5 N–H and O–H groups in total. The van der Waals surface area contributed by atoms with Crippen LogP contribution in [0.25, 0.3) is 28.2 Å². The van der Waals surface area contributed by atoms with E-state index >= 15 is 0 Å². The molecule has 0 radical (unpaired) electrons. The molecule has 1 aromatic carbocycles. The zero-order valence-electron chi connectivity index (χ0n) is 17.9. The molecule has 1 atom stereocenters. The second-order valence-electron chi connectivity index (χ2n) is 8.02. The molecule has 0 bridgehead atoms. The number of nitrogens with one attached hydrogen (secondary N) is 2. The van der Waals surface area contributed by atoms with Gasteiger partial charge < -0.3 is 25.6 Å². The molecule has 4 aromatic rings. The minimum atomic E-state index is -0.927. The van der Waals surface area contributed by atoms with Gasteiger partial charge in [0.1, 0.15) is 18.1 Å². The lowest BCUT2D eigenvalue weighted by atomic mass is 10.1. The van der Waals surface area contributed by atoms with Crippen molar-refractivity contribution in [1.29, 1.82) is 0 Å². The molecule has 0 saturated heterocycles. The van der Waals surface area contributed by atoms with E-state index in [-0.39, 0.29) is 19.8 Å². The van der Waals surface area contributed by atoms with Crippen LogP contribution in [0.5, 0.6) is 0 Å². The number of nitrogens with zero attached hydrogens (tertiary/aromatic N) is 4. The summed E-state index contributed by atoms with van der Waals surface area (Å²) in [6, 6.07) is 8.14. The zero-order chi connectivity index (χ0) is 22.8. The van der Waals surface area contributed by atoms with Crippen LogP contribution in [-0.4, -0.2) is 65.5 Å². The molecule has 168 valence electrons. The van der Waals surface area contributed by atoms with Gasteiger partial charge in [0.15, 0.2) is 11.5 Å². The summed E-state index contributed by atoms with van der Waals surface area (Å²) < 4.78 is 1.87. The van der Waals surface area contributed by atoms with Crippen LogP contribution in [0.3, 0.4) is 0 Å². The fourth-order valence-corrected chi connectivity index (χ4v) is 3.66. The Hall–Kier alpha value is -3.71. The minimum Gasteiger partial charge on any atom is -0.394 e. The molecule has 0 aliphatic heterocycles. The lowest BCUT2D eigenvalue weighted by Gasteiger charge is -2.11. The lowest BCUT2D eigenvalue weighted by molar-refractivity contribution is 0.105. The van der Waals surface area contributed by atoms with E-state index in [1.807, 2.05) is 34.9 Å². The maximum absolute atomic E-state index is 9.70. The Morgan fingerprint density at radius 3 is 2.64 bits per heavy atom. The molecule has 1 aliphatic carbocycles. The van der Waals surface area contributed by atoms with E-state index in [2.05, 4.69) is 37.1 Å².